The van der Waals surface area contributed by atoms with Gasteiger partial charge in [0.25, 0.3) is 0 Å². The van der Waals surface area contributed by atoms with Crippen LogP contribution in [0.5, 0.6) is 0 Å². The van der Waals surface area contributed by atoms with Crippen LogP contribution < -0.4 is 5.32 Å². The number of benzene rings is 2. The standard InChI is InChI=1S/C23H31N3O3S/c1-18-9-10-19(2)22(17-18)30(28,29)26-15-13-25(14-16-26)12-11-23(27)24-20(3)21-7-5-4-6-8-21/h4-10,17,20H,11-16H2,1-3H3,(H,24,27). The monoisotopic (exact) mass is 429 g/mol. The molecular weight excluding hydrogens is 398 g/mol. The van der Waals surface area contributed by atoms with Crippen molar-refractivity contribution >= 4 is 15.9 Å². The van der Waals surface area contributed by atoms with Crippen LogP contribution in [0.2, 0.25) is 0 Å². The SMILES string of the molecule is Cc1ccc(C)c(S(=O)(=O)N2CCN(CCC(=O)NC(C)c3ccccc3)CC2)c1. The van der Waals surface area contributed by atoms with Gasteiger partial charge in [-0.25, -0.2) is 8.42 Å². The first kappa shape index (κ1) is 22.5. The smallest absolute Gasteiger partial charge is 0.243 e. The van der Waals surface area contributed by atoms with Gasteiger partial charge >= 0.3 is 0 Å². The lowest BCUT2D eigenvalue weighted by atomic mass is 10.1. The second-order valence-electron chi connectivity index (χ2n) is 7.96. The van der Waals surface area contributed by atoms with Gasteiger partial charge in [0.2, 0.25) is 15.9 Å². The van der Waals surface area contributed by atoms with E-state index in [2.05, 4.69) is 10.2 Å². The molecule has 1 N–H and O–H groups in total. The van der Waals surface area contributed by atoms with Gasteiger partial charge in [0.15, 0.2) is 0 Å². The van der Waals surface area contributed by atoms with Crippen molar-refractivity contribution in [1.82, 2.24) is 14.5 Å². The molecule has 1 unspecified atom stereocenters. The molecule has 1 fully saturated rings. The largest absolute Gasteiger partial charge is 0.350 e. The minimum atomic E-state index is -3.49. The zero-order valence-electron chi connectivity index (χ0n) is 18.0. The van der Waals surface area contributed by atoms with Gasteiger partial charge in [0.05, 0.1) is 10.9 Å². The molecule has 0 bridgehead atoms. The normalized spacial score (nSPS) is 16.9. The van der Waals surface area contributed by atoms with Crippen LogP contribution in [-0.2, 0) is 14.8 Å². The van der Waals surface area contributed by atoms with Gasteiger partial charge in [-0.05, 0) is 43.5 Å². The number of hydrogen-bond acceptors (Lipinski definition) is 4. The van der Waals surface area contributed by atoms with E-state index in [1.54, 1.807) is 10.4 Å². The van der Waals surface area contributed by atoms with Gasteiger partial charge in [-0.1, -0.05) is 42.5 Å². The van der Waals surface area contributed by atoms with E-state index in [1.807, 2.05) is 63.2 Å². The fourth-order valence-electron chi connectivity index (χ4n) is 3.72. The fourth-order valence-corrected chi connectivity index (χ4v) is 5.45. The Labute approximate surface area is 179 Å². The molecule has 6 nitrogen and oxygen atoms in total. The van der Waals surface area contributed by atoms with Crippen molar-refractivity contribution < 1.29 is 13.2 Å². The molecule has 1 aliphatic heterocycles. The fraction of sp³-hybridized carbons (Fsp3) is 0.435. The zero-order valence-corrected chi connectivity index (χ0v) is 18.8. The van der Waals surface area contributed by atoms with E-state index in [9.17, 15) is 13.2 Å². The Kier molecular flexibility index (Phi) is 7.28. The maximum Gasteiger partial charge on any atom is 0.243 e. The summed E-state index contributed by atoms with van der Waals surface area (Å²) in [4.78, 5) is 14.9. The van der Waals surface area contributed by atoms with E-state index in [1.165, 1.54) is 0 Å². The minimum absolute atomic E-state index is 0.0109. The van der Waals surface area contributed by atoms with E-state index >= 15 is 0 Å². The van der Waals surface area contributed by atoms with E-state index < -0.39 is 10.0 Å². The van der Waals surface area contributed by atoms with E-state index in [-0.39, 0.29) is 11.9 Å². The van der Waals surface area contributed by atoms with Gasteiger partial charge in [-0.3, -0.25) is 4.79 Å². The topological polar surface area (TPSA) is 69.7 Å². The summed E-state index contributed by atoms with van der Waals surface area (Å²) in [5, 5.41) is 3.03. The molecule has 2 aromatic carbocycles. The number of nitrogens with zero attached hydrogens (tertiary/aromatic N) is 2. The van der Waals surface area contributed by atoms with Crippen LogP contribution >= 0.6 is 0 Å². The highest BCUT2D eigenvalue weighted by Gasteiger charge is 2.29. The molecular formula is C23H31N3O3S. The van der Waals surface area contributed by atoms with Crippen LogP contribution in [0, 0.1) is 13.8 Å². The van der Waals surface area contributed by atoms with Crippen molar-refractivity contribution in [3.8, 4) is 0 Å². The van der Waals surface area contributed by atoms with Crippen LogP contribution in [0.4, 0.5) is 0 Å². The molecule has 0 spiro atoms. The van der Waals surface area contributed by atoms with Crippen molar-refractivity contribution in [2.75, 3.05) is 32.7 Å². The quantitative estimate of drug-likeness (QED) is 0.735. The summed E-state index contributed by atoms with van der Waals surface area (Å²) in [5.74, 6) is 0.0109. The maximum absolute atomic E-state index is 13.0. The second kappa shape index (κ2) is 9.73. The molecule has 1 atom stereocenters. The van der Waals surface area contributed by atoms with Crippen LogP contribution in [-0.4, -0.2) is 56.3 Å². The van der Waals surface area contributed by atoms with Gasteiger partial charge in [0, 0.05) is 39.1 Å². The molecule has 3 rings (SSSR count). The van der Waals surface area contributed by atoms with Crippen LogP contribution in [0.25, 0.3) is 0 Å². The predicted octanol–water partition coefficient (Wildman–Crippen LogP) is 2.88. The van der Waals surface area contributed by atoms with Gasteiger partial charge in [-0.2, -0.15) is 4.31 Å². The number of aryl methyl sites for hydroxylation is 2. The molecule has 1 aliphatic rings. The van der Waals surface area contributed by atoms with Crippen molar-refractivity contribution in [3.05, 3.63) is 65.2 Å². The van der Waals surface area contributed by atoms with E-state index in [0.717, 1.165) is 16.7 Å². The third kappa shape index (κ3) is 5.47. The summed E-state index contributed by atoms with van der Waals surface area (Å²) in [7, 11) is -3.49. The molecule has 2 aromatic rings. The molecule has 30 heavy (non-hydrogen) atoms. The average Bonchev–Trinajstić information content (AvgIpc) is 2.74. The van der Waals surface area contributed by atoms with Gasteiger partial charge < -0.3 is 10.2 Å². The number of sulfonamides is 1. The molecule has 0 aromatic heterocycles. The maximum atomic E-state index is 13.0. The number of hydrogen-bond donors (Lipinski definition) is 1. The molecule has 7 heteroatoms. The molecule has 0 saturated carbocycles. The first-order chi connectivity index (χ1) is 14.3. The third-order valence-electron chi connectivity index (χ3n) is 5.62. The molecule has 1 heterocycles. The van der Waals surface area contributed by atoms with Crippen LogP contribution in [0.1, 0.15) is 36.1 Å². The lowest BCUT2D eigenvalue weighted by Gasteiger charge is -2.34. The van der Waals surface area contributed by atoms with Crippen molar-refractivity contribution in [1.29, 1.82) is 0 Å². The number of rotatable bonds is 7. The summed E-state index contributed by atoms with van der Waals surface area (Å²) >= 11 is 0. The number of nitrogens with one attached hydrogen (secondary N) is 1. The van der Waals surface area contributed by atoms with Gasteiger partial charge in [-0.15, -0.1) is 0 Å². The summed E-state index contributed by atoms with van der Waals surface area (Å²) in [6.07, 6.45) is 0.404. The summed E-state index contributed by atoms with van der Waals surface area (Å²) in [6, 6.07) is 15.4. The number of carbonyl (C=O) groups is 1. The highest BCUT2D eigenvalue weighted by molar-refractivity contribution is 7.89. The van der Waals surface area contributed by atoms with Crippen molar-refractivity contribution in [2.45, 2.75) is 38.1 Å². The van der Waals surface area contributed by atoms with Crippen molar-refractivity contribution in [2.24, 2.45) is 0 Å². The molecule has 1 amide bonds. The third-order valence-corrected chi connectivity index (χ3v) is 7.67. The first-order valence-corrected chi connectivity index (χ1v) is 11.9. The Morgan fingerprint density at radius 1 is 1.03 bits per heavy atom. The number of amides is 1. The van der Waals surface area contributed by atoms with Crippen LogP contribution in [0.15, 0.2) is 53.4 Å². The van der Waals surface area contributed by atoms with Crippen molar-refractivity contribution in [3.63, 3.8) is 0 Å². The zero-order chi connectivity index (χ0) is 21.7. The number of piperazine rings is 1. The lowest BCUT2D eigenvalue weighted by Crippen LogP contribution is -2.49. The average molecular weight is 430 g/mol. The molecule has 0 aliphatic carbocycles. The second-order valence-corrected chi connectivity index (χ2v) is 9.87. The van der Waals surface area contributed by atoms with Gasteiger partial charge in [0.1, 0.15) is 0 Å². The van der Waals surface area contributed by atoms with E-state index in [0.29, 0.717) is 44.0 Å². The Morgan fingerprint density at radius 3 is 2.37 bits per heavy atom. The Hall–Kier alpha value is -2.22. The van der Waals surface area contributed by atoms with Crippen LogP contribution in [0.3, 0.4) is 0 Å². The summed E-state index contributed by atoms with van der Waals surface area (Å²) < 4.78 is 27.6. The molecule has 1 saturated heterocycles. The Bertz CT molecular complexity index is 968. The molecule has 0 radical (unpaired) electrons. The summed E-state index contributed by atoms with van der Waals surface area (Å²) in [5.41, 5.74) is 2.79. The summed E-state index contributed by atoms with van der Waals surface area (Å²) in [6.45, 7) is 8.49. The lowest BCUT2D eigenvalue weighted by molar-refractivity contribution is -0.122. The van der Waals surface area contributed by atoms with E-state index in [4.69, 9.17) is 0 Å². The minimum Gasteiger partial charge on any atom is -0.350 e. The predicted molar refractivity (Wildman–Crippen MR) is 119 cm³/mol. The Morgan fingerprint density at radius 2 is 1.70 bits per heavy atom. The first-order valence-electron chi connectivity index (χ1n) is 10.4. The highest BCUT2D eigenvalue weighted by Crippen LogP contribution is 2.22. The highest BCUT2D eigenvalue weighted by atomic mass is 32.2. The molecule has 162 valence electrons. The number of carbonyl (C=O) groups excluding carboxylic acids is 1. The Balaban J connectivity index is 1.48.